The van der Waals surface area contributed by atoms with Crippen LogP contribution in [0, 0.1) is 17.0 Å². The molecule has 0 spiro atoms. The highest BCUT2D eigenvalue weighted by Crippen LogP contribution is 2.34. The van der Waals surface area contributed by atoms with Crippen LogP contribution in [-0.2, 0) is 32.6 Å². The predicted octanol–water partition coefficient (Wildman–Crippen LogP) is 4.38. The van der Waals surface area contributed by atoms with Gasteiger partial charge in [-0.1, -0.05) is 73.0 Å². The van der Waals surface area contributed by atoms with Gasteiger partial charge in [0.05, 0.1) is 18.3 Å². The van der Waals surface area contributed by atoms with Crippen molar-refractivity contribution in [2.24, 2.45) is 0 Å². The predicted molar refractivity (Wildman–Crippen MR) is 168 cm³/mol. The number of nitrogens with zero attached hydrogens (tertiary/aromatic N) is 3. The second-order valence-corrected chi connectivity index (χ2v) is 13.0. The van der Waals surface area contributed by atoms with Gasteiger partial charge in [-0.05, 0) is 37.0 Å². The molecule has 1 saturated carbocycles. The molecule has 0 unspecified atom stereocenters. The molecule has 3 aromatic carbocycles. The molecule has 1 aliphatic carbocycles. The Bertz CT molecular complexity index is 1570. The number of nitrogens with one attached hydrogen (secondary N) is 1. The topological polar surface area (TPSA) is 139 Å². The van der Waals surface area contributed by atoms with E-state index in [1.54, 1.807) is 0 Å². The van der Waals surface area contributed by atoms with Crippen LogP contribution in [0.1, 0.15) is 42.4 Å². The van der Waals surface area contributed by atoms with E-state index < -0.39 is 33.4 Å². The van der Waals surface area contributed by atoms with Gasteiger partial charge in [0.1, 0.15) is 24.0 Å². The SMILES string of the molecule is COc1ccc([N+](=O)[O-])cc1N(CC(=O)N(Cc1ccc(C)cc1)[C@@H](Cc1ccccc1)C(=O)NC1CCCC1)S(C)(=O)=O. The quantitative estimate of drug-likeness (QED) is 0.221. The van der Waals surface area contributed by atoms with Crippen LogP contribution in [0.2, 0.25) is 0 Å². The summed E-state index contributed by atoms with van der Waals surface area (Å²) >= 11 is 0. The summed E-state index contributed by atoms with van der Waals surface area (Å²) in [6, 6.07) is 19.4. The highest BCUT2D eigenvalue weighted by Gasteiger charge is 2.35. The first kappa shape index (κ1) is 32.5. The number of methoxy groups -OCH3 is 1. The molecule has 0 heterocycles. The molecule has 12 heteroatoms. The average Bonchev–Trinajstić information content (AvgIpc) is 3.51. The van der Waals surface area contributed by atoms with Crippen molar-refractivity contribution in [1.29, 1.82) is 0 Å². The van der Waals surface area contributed by atoms with Gasteiger partial charge in [0, 0.05) is 31.1 Å². The Morgan fingerprint density at radius 3 is 2.27 bits per heavy atom. The number of sulfonamides is 1. The van der Waals surface area contributed by atoms with Crippen molar-refractivity contribution < 1.29 is 27.7 Å². The number of anilines is 1. The van der Waals surface area contributed by atoms with Crippen LogP contribution < -0.4 is 14.4 Å². The number of hydrogen-bond donors (Lipinski definition) is 1. The van der Waals surface area contributed by atoms with Gasteiger partial charge in [-0.2, -0.15) is 0 Å². The molecule has 0 saturated heterocycles. The number of carbonyl (C=O) groups excluding carboxylic acids is 2. The fourth-order valence-corrected chi connectivity index (χ4v) is 6.24. The number of hydrogen-bond acceptors (Lipinski definition) is 7. The van der Waals surface area contributed by atoms with Crippen molar-refractivity contribution in [3.8, 4) is 5.75 Å². The Kier molecular flexibility index (Phi) is 10.6. The number of carbonyl (C=O) groups is 2. The van der Waals surface area contributed by atoms with E-state index in [4.69, 9.17) is 4.74 Å². The first-order chi connectivity index (χ1) is 21.0. The maximum absolute atomic E-state index is 14.3. The third kappa shape index (κ3) is 8.34. The molecule has 0 aromatic heterocycles. The van der Waals surface area contributed by atoms with Crippen molar-refractivity contribution in [2.75, 3.05) is 24.2 Å². The number of ether oxygens (including phenoxy) is 1. The minimum Gasteiger partial charge on any atom is -0.495 e. The van der Waals surface area contributed by atoms with Crippen LogP contribution >= 0.6 is 0 Å². The first-order valence-electron chi connectivity index (χ1n) is 14.5. The van der Waals surface area contributed by atoms with Gasteiger partial charge in [-0.15, -0.1) is 0 Å². The minimum absolute atomic E-state index is 0.00116. The Balaban J connectivity index is 1.77. The molecule has 11 nitrogen and oxygen atoms in total. The van der Waals surface area contributed by atoms with Crippen molar-refractivity contribution in [3.05, 3.63) is 99.6 Å². The van der Waals surface area contributed by atoms with Gasteiger partial charge in [-0.3, -0.25) is 24.0 Å². The van der Waals surface area contributed by atoms with Crippen molar-refractivity contribution in [2.45, 2.75) is 57.7 Å². The lowest BCUT2D eigenvalue weighted by molar-refractivity contribution is -0.384. The van der Waals surface area contributed by atoms with E-state index in [1.807, 2.05) is 61.5 Å². The van der Waals surface area contributed by atoms with Crippen LogP contribution in [-0.4, -0.2) is 62.0 Å². The zero-order valence-corrected chi connectivity index (χ0v) is 26.0. The van der Waals surface area contributed by atoms with E-state index >= 15 is 0 Å². The van der Waals surface area contributed by atoms with Crippen LogP contribution in [0.25, 0.3) is 0 Å². The van der Waals surface area contributed by atoms with Crippen LogP contribution in [0.4, 0.5) is 11.4 Å². The molecular formula is C32H38N4O7S. The number of amides is 2. The van der Waals surface area contributed by atoms with Gasteiger partial charge >= 0.3 is 0 Å². The van der Waals surface area contributed by atoms with Crippen LogP contribution in [0.5, 0.6) is 5.75 Å². The van der Waals surface area contributed by atoms with E-state index in [1.165, 1.54) is 24.1 Å². The molecular weight excluding hydrogens is 584 g/mol. The Morgan fingerprint density at radius 2 is 1.68 bits per heavy atom. The van der Waals surface area contributed by atoms with Crippen molar-refractivity contribution in [3.63, 3.8) is 0 Å². The number of nitro groups is 1. The molecule has 4 rings (SSSR count). The fourth-order valence-electron chi connectivity index (χ4n) is 5.39. The van der Waals surface area contributed by atoms with E-state index in [0.29, 0.717) is 0 Å². The third-order valence-corrected chi connectivity index (χ3v) is 8.89. The first-order valence-corrected chi connectivity index (χ1v) is 16.3. The monoisotopic (exact) mass is 622 g/mol. The molecule has 0 bridgehead atoms. The van der Waals surface area contributed by atoms with Crippen molar-refractivity contribution in [1.82, 2.24) is 10.2 Å². The van der Waals surface area contributed by atoms with Crippen LogP contribution in [0.3, 0.4) is 0 Å². The number of benzene rings is 3. The number of rotatable bonds is 13. The highest BCUT2D eigenvalue weighted by atomic mass is 32.2. The highest BCUT2D eigenvalue weighted by molar-refractivity contribution is 7.92. The molecule has 44 heavy (non-hydrogen) atoms. The van der Waals surface area contributed by atoms with Crippen molar-refractivity contribution >= 4 is 33.2 Å². The van der Waals surface area contributed by atoms with Gasteiger partial charge in [0.2, 0.25) is 21.8 Å². The van der Waals surface area contributed by atoms with E-state index in [9.17, 15) is 28.1 Å². The normalized spacial score (nSPS) is 14.1. The van der Waals surface area contributed by atoms with Crippen LogP contribution in [0.15, 0.2) is 72.8 Å². The molecule has 3 aromatic rings. The van der Waals surface area contributed by atoms with E-state index in [0.717, 1.165) is 59.0 Å². The van der Waals surface area contributed by atoms with Gasteiger partial charge < -0.3 is 15.0 Å². The minimum atomic E-state index is -4.14. The van der Waals surface area contributed by atoms with Gasteiger partial charge in [0.15, 0.2) is 0 Å². The van der Waals surface area contributed by atoms with Gasteiger partial charge in [0.25, 0.3) is 5.69 Å². The second-order valence-electron chi connectivity index (χ2n) is 11.1. The second kappa shape index (κ2) is 14.3. The molecule has 1 N–H and O–H groups in total. The lowest BCUT2D eigenvalue weighted by Crippen LogP contribution is -2.54. The maximum atomic E-state index is 14.3. The molecule has 1 aliphatic rings. The summed E-state index contributed by atoms with van der Waals surface area (Å²) in [5, 5.41) is 14.7. The summed E-state index contributed by atoms with van der Waals surface area (Å²) in [7, 11) is -2.84. The zero-order chi connectivity index (χ0) is 31.9. The largest absolute Gasteiger partial charge is 0.495 e. The molecule has 234 valence electrons. The van der Waals surface area contributed by atoms with E-state index in [2.05, 4.69) is 5.32 Å². The zero-order valence-electron chi connectivity index (χ0n) is 25.1. The Labute approximate surface area is 258 Å². The lowest BCUT2D eigenvalue weighted by Gasteiger charge is -2.34. The van der Waals surface area contributed by atoms with E-state index in [-0.39, 0.29) is 42.0 Å². The molecule has 1 fully saturated rings. The molecule has 2 amide bonds. The number of non-ortho nitro benzene ring substituents is 1. The number of nitro benzene ring substituents is 1. The third-order valence-electron chi connectivity index (χ3n) is 7.77. The Hall–Kier alpha value is -4.45. The average molecular weight is 623 g/mol. The summed E-state index contributed by atoms with van der Waals surface area (Å²) in [5.74, 6) is -0.925. The number of aryl methyl sites for hydroxylation is 1. The molecule has 1 atom stereocenters. The maximum Gasteiger partial charge on any atom is 0.271 e. The summed E-state index contributed by atoms with van der Waals surface area (Å²) in [5.41, 5.74) is 2.10. The fraction of sp³-hybridized carbons (Fsp3) is 0.375. The van der Waals surface area contributed by atoms with Gasteiger partial charge in [-0.25, -0.2) is 8.42 Å². The summed E-state index contributed by atoms with van der Waals surface area (Å²) < 4.78 is 32.3. The summed E-state index contributed by atoms with van der Waals surface area (Å²) in [6.45, 7) is 1.28. The lowest BCUT2D eigenvalue weighted by atomic mass is 10.0. The summed E-state index contributed by atoms with van der Waals surface area (Å²) in [6.07, 6.45) is 4.84. The smallest absolute Gasteiger partial charge is 0.271 e. The molecule has 0 aliphatic heterocycles. The standard InChI is InChI=1S/C32H38N4O7S/c1-23-13-15-25(16-14-23)21-34(29(19-24-9-5-4-6-10-24)32(38)33-26-11-7-8-12-26)31(37)22-35(44(3,41)42)28-20-27(36(39)40)17-18-30(28)43-2/h4-6,9-10,13-18,20,26,29H,7-8,11-12,19,21-22H2,1-3H3,(H,33,38)/t29-/m0/s1. The summed E-state index contributed by atoms with van der Waals surface area (Å²) in [4.78, 5) is 40.5. The Morgan fingerprint density at radius 1 is 1.02 bits per heavy atom. The molecule has 0 radical (unpaired) electrons.